The van der Waals surface area contributed by atoms with Gasteiger partial charge >= 0.3 is 0 Å². The van der Waals surface area contributed by atoms with Crippen molar-refractivity contribution in [2.75, 3.05) is 0 Å². The lowest BCUT2D eigenvalue weighted by Crippen LogP contribution is -1.77. The Morgan fingerprint density at radius 2 is 2.21 bits per heavy atom. The molecule has 3 rings (SSSR count). The Labute approximate surface area is 78.5 Å². The van der Waals surface area contributed by atoms with E-state index in [0.717, 1.165) is 28.2 Å². The first-order chi connectivity index (χ1) is 6.90. The SMILES string of the molecule is O=Cc1[nH]nc2c1ccc1occc12. The van der Waals surface area contributed by atoms with E-state index >= 15 is 0 Å². The molecule has 0 atom stereocenters. The topological polar surface area (TPSA) is 58.9 Å². The van der Waals surface area contributed by atoms with Gasteiger partial charge in [0.2, 0.25) is 0 Å². The molecule has 0 unspecified atom stereocenters. The molecule has 0 aliphatic carbocycles. The number of rotatable bonds is 1. The van der Waals surface area contributed by atoms with Crippen molar-refractivity contribution in [3.63, 3.8) is 0 Å². The van der Waals surface area contributed by atoms with E-state index in [1.54, 1.807) is 6.26 Å². The Balaban J connectivity index is 2.58. The molecule has 4 nitrogen and oxygen atoms in total. The summed E-state index contributed by atoms with van der Waals surface area (Å²) in [6.07, 6.45) is 2.38. The van der Waals surface area contributed by atoms with Crippen LogP contribution in [-0.2, 0) is 0 Å². The quantitative estimate of drug-likeness (QED) is 0.592. The van der Waals surface area contributed by atoms with Crippen LogP contribution >= 0.6 is 0 Å². The fraction of sp³-hybridized carbons (Fsp3) is 0. The molecule has 68 valence electrons. The highest BCUT2D eigenvalue weighted by Gasteiger charge is 2.08. The third-order valence-corrected chi connectivity index (χ3v) is 2.30. The number of nitrogens with one attached hydrogen (secondary N) is 1. The van der Waals surface area contributed by atoms with Crippen LogP contribution in [0.2, 0.25) is 0 Å². The molecule has 0 amide bonds. The number of hydrogen-bond donors (Lipinski definition) is 1. The molecule has 0 radical (unpaired) electrons. The summed E-state index contributed by atoms with van der Waals surface area (Å²) in [7, 11) is 0. The van der Waals surface area contributed by atoms with E-state index in [9.17, 15) is 4.79 Å². The van der Waals surface area contributed by atoms with E-state index in [0.29, 0.717) is 5.69 Å². The van der Waals surface area contributed by atoms with Gasteiger partial charge in [-0.2, -0.15) is 5.10 Å². The van der Waals surface area contributed by atoms with Gasteiger partial charge in [0, 0.05) is 10.8 Å². The maximum Gasteiger partial charge on any atom is 0.168 e. The van der Waals surface area contributed by atoms with Crippen molar-refractivity contribution in [3.05, 3.63) is 30.2 Å². The largest absolute Gasteiger partial charge is 0.464 e. The van der Waals surface area contributed by atoms with Crippen molar-refractivity contribution in [2.24, 2.45) is 0 Å². The summed E-state index contributed by atoms with van der Waals surface area (Å²) in [5.74, 6) is 0. The maximum atomic E-state index is 10.7. The average Bonchev–Trinajstić information content (AvgIpc) is 2.82. The molecule has 0 aliphatic rings. The number of furan rings is 1. The molecule has 0 saturated carbocycles. The van der Waals surface area contributed by atoms with Crippen LogP contribution in [-0.4, -0.2) is 16.5 Å². The summed E-state index contributed by atoms with van der Waals surface area (Å²) >= 11 is 0. The number of aromatic amines is 1. The van der Waals surface area contributed by atoms with Gasteiger partial charge < -0.3 is 4.42 Å². The summed E-state index contributed by atoms with van der Waals surface area (Å²) in [5.41, 5.74) is 2.06. The minimum Gasteiger partial charge on any atom is -0.464 e. The van der Waals surface area contributed by atoms with Gasteiger partial charge in [-0.3, -0.25) is 9.89 Å². The molecule has 2 heterocycles. The van der Waals surface area contributed by atoms with Crippen LogP contribution in [0.5, 0.6) is 0 Å². The number of benzene rings is 1. The predicted molar refractivity (Wildman–Crippen MR) is 51.3 cm³/mol. The van der Waals surface area contributed by atoms with Crippen molar-refractivity contribution in [3.8, 4) is 0 Å². The number of carbonyl (C=O) groups is 1. The minimum atomic E-state index is 0.503. The minimum absolute atomic E-state index is 0.503. The van der Waals surface area contributed by atoms with Crippen molar-refractivity contribution in [2.45, 2.75) is 0 Å². The lowest BCUT2D eigenvalue weighted by molar-refractivity contribution is 0.112. The molecule has 1 N–H and O–H groups in total. The summed E-state index contributed by atoms with van der Waals surface area (Å²) in [6.45, 7) is 0. The van der Waals surface area contributed by atoms with Crippen LogP contribution in [0.1, 0.15) is 10.5 Å². The molecule has 0 aliphatic heterocycles. The van der Waals surface area contributed by atoms with Crippen molar-refractivity contribution < 1.29 is 9.21 Å². The van der Waals surface area contributed by atoms with Gasteiger partial charge in [0.05, 0.1) is 6.26 Å². The van der Waals surface area contributed by atoms with Crippen LogP contribution in [0.15, 0.2) is 28.9 Å². The number of aromatic nitrogens is 2. The Bertz CT molecular complexity index is 621. The molecule has 1 aromatic carbocycles. The number of nitrogens with zero attached hydrogens (tertiary/aromatic N) is 1. The zero-order valence-electron chi connectivity index (χ0n) is 7.15. The zero-order valence-corrected chi connectivity index (χ0v) is 7.15. The van der Waals surface area contributed by atoms with Gasteiger partial charge in [-0.15, -0.1) is 0 Å². The molecular formula is C10H6N2O2. The van der Waals surface area contributed by atoms with E-state index < -0.39 is 0 Å². The van der Waals surface area contributed by atoms with Gasteiger partial charge in [-0.05, 0) is 18.2 Å². The van der Waals surface area contributed by atoms with E-state index in [4.69, 9.17) is 4.42 Å². The lowest BCUT2D eigenvalue weighted by atomic mass is 10.1. The number of hydrogen-bond acceptors (Lipinski definition) is 3. The van der Waals surface area contributed by atoms with E-state index in [2.05, 4.69) is 10.2 Å². The van der Waals surface area contributed by atoms with Crippen molar-refractivity contribution >= 4 is 28.2 Å². The highest BCUT2D eigenvalue weighted by molar-refractivity contribution is 6.08. The maximum absolute atomic E-state index is 10.7. The molecule has 3 aromatic rings. The lowest BCUT2D eigenvalue weighted by Gasteiger charge is -1.89. The molecule has 4 heteroatoms. The first kappa shape index (κ1) is 7.32. The summed E-state index contributed by atoms with van der Waals surface area (Å²) in [6, 6.07) is 5.50. The summed E-state index contributed by atoms with van der Waals surface area (Å²) in [5, 5.41) is 8.51. The molecule has 0 bridgehead atoms. The molecule has 14 heavy (non-hydrogen) atoms. The first-order valence-electron chi connectivity index (χ1n) is 4.19. The van der Waals surface area contributed by atoms with Crippen molar-refractivity contribution in [1.29, 1.82) is 0 Å². The number of carbonyl (C=O) groups excluding carboxylic acids is 1. The molecule has 0 saturated heterocycles. The number of aldehydes is 1. The van der Waals surface area contributed by atoms with E-state index in [-0.39, 0.29) is 0 Å². The zero-order chi connectivity index (χ0) is 9.54. The fourth-order valence-corrected chi connectivity index (χ4v) is 1.63. The fourth-order valence-electron chi connectivity index (χ4n) is 1.63. The van der Waals surface area contributed by atoms with Crippen LogP contribution in [0.3, 0.4) is 0 Å². The molecule has 0 spiro atoms. The van der Waals surface area contributed by atoms with Gasteiger partial charge in [-0.1, -0.05) is 0 Å². The Hall–Kier alpha value is -2.10. The van der Waals surface area contributed by atoms with Gasteiger partial charge in [0.1, 0.15) is 16.8 Å². The molecular weight excluding hydrogens is 180 g/mol. The van der Waals surface area contributed by atoms with Crippen LogP contribution in [0.25, 0.3) is 21.9 Å². The Morgan fingerprint density at radius 3 is 3.07 bits per heavy atom. The van der Waals surface area contributed by atoms with Crippen LogP contribution < -0.4 is 0 Å². The summed E-state index contributed by atoms with van der Waals surface area (Å²) in [4.78, 5) is 10.7. The second-order valence-electron chi connectivity index (χ2n) is 3.05. The Morgan fingerprint density at radius 1 is 1.29 bits per heavy atom. The number of fused-ring (bicyclic) bond motifs is 3. The molecule has 2 aromatic heterocycles. The van der Waals surface area contributed by atoms with E-state index in [1.807, 2.05) is 18.2 Å². The highest BCUT2D eigenvalue weighted by atomic mass is 16.3. The number of H-pyrrole nitrogens is 1. The monoisotopic (exact) mass is 186 g/mol. The van der Waals surface area contributed by atoms with E-state index in [1.165, 1.54) is 0 Å². The normalized spacial score (nSPS) is 11.1. The Kier molecular flexibility index (Phi) is 1.28. The predicted octanol–water partition coefficient (Wildman–Crippen LogP) is 2.12. The van der Waals surface area contributed by atoms with Gasteiger partial charge in [0.25, 0.3) is 0 Å². The highest BCUT2D eigenvalue weighted by Crippen LogP contribution is 2.25. The van der Waals surface area contributed by atoms with Crippen LogP contribution in [0.4, 0.5) is 0 Å². The third kappa shape index (κ3) is 0.771. The van der Waals surface area contributed by atoms with Crippen LogP contribution in [0, 0.1) is 0 Å². The second-order valence-corrected chi connectivity index (χ2v) is 3.05. The molecule has 0 fully saturated rings. The van der Waals surface area contributed by atoms with Gasteiger partial charge in [-0.25, -0.2) is 0 Å². The first-order valence-corrected chi connectivity index (χ1v) is 4.19. The second kappa shape index (κ2) is 2.45. The van der Waals surface area contributed by atoms with Gasteiger partial charge in [0.15, 0.2) is 6.29 Å². The summed E-state index contributed by atoms with van der Waals surface area (Å²) < 4.78 is 5.23. The van der Waals surface area contributed by atoms with Crippen molar-refractivity contribution in [1.82, 2.24) is 10.2 Å². The third-order valence-electron chi connectivity index (χ3n) is 2.30. The standard InChI is InChI=1S/C10H6N2O2/c13-5-8-6-1-2-9-7(3-4-14-9)10(6)12-11-8/h1-5H,(H,11,12). The average molecular weight is 186 g/mol. The smallest absolute Gasteiger partial charge is 0.168 e.